The SMILES string of the molecule is Cc1ccccc1OCCN(C)C(=O)Cn1ncc(=O)c2ccccc21. The molecule has 0 radical (unpaired) electrons. The number of ether oxygens (including phenoxy) is 1. The van der Waals surface area contributed by atoms with Crippen LogP contribution >= 0.6 is 0 Å². The number of amides is 1. The average molecular weight is 351 g/mol. The van der Waals surface area contributed by atoms with Crippen LogP contribution in [0.25, 0.3) is 10.9 Å². The van der Waals surface area contributed by atoms with E-state index >= 15 is 0 Å². The van der Waals surface area contributed by atoms with Gasteiger partial charge in [-0.15, -0.1) is 0 Å². The van der Waals surface area contributed by atoms with Crippen LogP contribution in [0.5, 0.6) is 5.75 Å². The summed E-state index contributed by atoms with van der Waals surface area (Å²) in [5.41, 5.74) is 1.56. The first-order valence-electron chi connectivity index (χ1n) is 8.43. The van der Waals surface area contributed by atoms with Gasteiger partial charge in [0.05, 0.1) is 18.3 Å². The Labute approximate surface area is 151 Å². The highest BCUT2D eigenvalue weighted by Crippen LogP contribution is 2.15. The number of rotatable bonds is 6. The van der Waals surface area contributed by atoms with Gasteiger partial charge in [0.25, 0.3) is 0 Å². The predicted octanol–water partition coefficient (Wildman–Crippen LogP) is 2.24. The summed E-state index contributed by atoms with van der Waals surface area (Å²) < 4.78 is 7.29. The first-order valence-corrected chi connectivity index (χ1v) is 8.43. The van der Waals surface area contributed by atoms with Crippen molar-refractivity contribution in [1.82, 2.24) is 14.7 Å². The zero-order valence-corrected chi connectivity index (χ0v) is 14.9. The molecule has 0 unspecified atom stereocenters. The molecular formula is C20H21N3O3. The molecule has 0 saturated carbocycles. The summed E-state index contributed by atoms with van der Waals surface area (Å²) in [6.45, 7) is 2.93. The first-order chi connectivity index (χ1) is 12.6. The Hall–Kier alpha value is -3.15. The Balaban J connectivity index is 1.62. The maximum absolute atomic E-state index is 12.5. The molecule has 0 aliphatic carbocycles. The molecule has 1 amide bonds. The molecule has 1 heterocycles. The molecule has 0 saturated heterocycles. The predicted molar refractivity (Wildman–Crippen MR) is 100 cm³/mol. The summed E-state index contributed by atoms with van der Waals surface area (Å²) in [6.07, 6.45) is 1.25. The summed E-state index contributed by atoms with van der Waals surface area (Å²) in [5, 5.41) is 4.65. The van der Waals surface area contributed by atoms with E-state index in [0.717, 1.165) is 11.3 Å². The number of carbonyl (C=O) groups excluding carboxylic acids is 1. The molecule has 0 atom stereocenters. The van der Waals surface area contributed by atoms with Crippen molar-refractivity contribution in [3.8, 4) is 5.75 Å². The lowest BCUT2D eigenvalue weighted by Gasteiger charge is -2.19. The number of para-hydroxylation sites is 2. The van der Waals surface area contributed by atoms with Crippen LogP contribution in [-0.4, -0.2) is 40.8 Å². The van der Waals surface area contributed by atoms with Crippen molar-refractivity contribution in [2.75, 3.05) is 20.2 Å². The van der Waals surface area contributed by atoms with Crippen molar-refractivity contribution in [1.29, 1.82) is 0 Å². The van der Waals surface area contributed by atoms with E-state index in [0.29, 0.717) is 24.1 Å². The van der Waals surface area contributed by atoms with E-state index < -0.39 is 0 Å². The van der Waals surface area contributed by atoms with Crippen LogP contribution in [0, 0.1) is 6.92 Å². The number of hydrogen-bond donors (Lipinski definition) is 0. The van der Waals surface area contributed by atoms with Crippen molar-refractivity contribution in [3.05, 3.63) is 70.5 Å². The fourth-order valence-electron chi connectivity index (χ4n) is 2.67. The minimum Gasteiger partial charge on any atom is -0.491 e. The fraction of sp³-hybridized carbons (Fsp3) is 0.250. The maximum atomic E-state index is 12.5. The van der Waals surface area contributed by atoms with Gasteiger partial charge in [0.1, 0.15) is 18.9 Å². The van der Waals surface area contributed by atoms with Gasteiger partial charge in [-0.2, -0.15) is 5.10 Å². The molecule has 0 aliphatic heterocycles. The lowest BCUT2D eigenvalue weighted by molar-refractivity contribution is -0.131. The van der Waals surface area contributed by atoms with Crippen LogP contribution in [0.3, 0.4) is 0 Å². The number of nitrogens with zero attached hydrogens (tertiary/aromatic N) is 3. The van der Waals surface area contributed by atoms with Gasteiger partial charge in [0, 0.05) is 12.4 Å². The fourth-order valence-corrected chi connectivity index (χ4v) is 2.67. The van der Waals surface area contributed by atoms with Crippen molar-refractivity contribution in [2.45, 2.75) is 13.5 Å². The normalized spacial score (nSPS) is 10.7. The number of aromatic nitrogens is 2. The van der Waals surface area contributed by atoms with Crippen LogP contribution < -0.4 is 10.2 Å². The molecule has 2 aromatic carbocycles. The van der Waals surface area contributed by atoms with Crippen molar-refractivity contribution in [2.24, 2.45) is 0 Å². The van der Waals surface area contributed by atoms with Gasteiger partial charge in [-0.25, -0.2) is 0 Å². The minimum absolute atomic E-state index is 0.0711. The Morgan fingerprint density at radius 2 is 1.88 bits per heavy atom. The minimum atomic E-state index is -0.149. The Morgan fingerprint density at radius 1 is 1.15 bits per heavy atom. The van der Waals surface area contributed by atoms with Gasteiger partial charge in [0.15, 0.2) is 0 Å². The van der Waals surface area contributed by atoms with E-state index in [9.17, 15) is 9.59 Å². The van der Waals surface area contributed by atoms with Gasteiger partial charge < -0.3 is 9.64 Å². The van der Waals surface area contributed by atoms with E-state index in [1.807, 2.05) is 37.3 Å². The third kappa shape index (κ3) is 3.91. The number of aryl methyl sites for hydroxylation is 1. The number of benzene rings is 2. The highest BCUT2D eigenvalue weighted by Gasteiger charge is 2.12. The highest BCUT2D eigenvalue weighted by molar-refractivity contribution is 5.81. The molecule has 26 heavy (non-hydrogen) atoms. The molecule has 0 N–H and O–H groups in total. The third-order valence-electron chi connectivity index (χ3n) is 4.25. The molecule has 3 rings (SSSR count). The quantitative estimate of drug-likeness (QED) is 0.683. The first kappa shape index (κ1) is 17.7. The standard InChI is InChI=1S/C20H21N3O3/c1-15-7-3-6-10-19(15)26-12-11-22(2)20(25)14-23-17-9-5-4-8-16(17)18(24)13-21-23/h3-10,13H,11-12,14H2,1-2H3. The zero-order valence-electron chi connectivity index (χ0n) is 14.9. The molecule has 3 aromatic rings. The van der Waals surface area contributed by atoms with Gasteiger partial charge >= 0.3 is 0 Å². The molecule has 0 aliphatic rings. The van der Waals surface area contributed by atoms with E-state index in [2.05, 4.69) is 5.10 Å². The summed E-state index contributed by atoms with van der Waals surface area (Å²) in [4.78, 5) is 26.0. The summed E-state index contributed by atoms with van der Waals surface area (Å²) in [7, 11) is 1.73. The summed E-state index contributed by atoms with van der Waals surface area (Å²) in [5.74, 6) is 0.723. The van der Waals surface area contributed by atoms with Crippen LogP contribution in [0.2, 0.25) is 0 Å². The van der Waals surface area contributed by atoms with Gasteiger partial charge in [-0.05, 0) is 30.7 Å². The monoisotopic (exact) mass is 351 g/mol. The molecular weight excluding hydrogens is 330 g/mol. The van der Waals surface area contributed by atoms with E-state index in [1.54, 1.807) is 34.8 Å². The molecule has 6 heteroatoms. The van der Waals surface area contributed by atoms with Crippen molar-refractivity contribution < 1.29 is 9.53 Å². The van der Waals surface area contributed by atoms with Gasteiger partial charge in [-0.1, -0.05) is 30.3 Å². The van der Waals surface area contributed by atoms with Gasteiger partial charge in [-0.3, -0.25) is 14.3 Å². The zero-order chi connectivity index (χ0) is 18.5. The second-order valence-corrected chi connectivity index (χ2v) is 6.11. The van der Waals surface area contributed by atoms with Crippen molar-refractivity contribution in [3.63, 3.8) is 0 Å². The van der Waals surface area contributed by atoms with Crippen LogP contribution in [-0.2, 0) is 11.3 Å². The average Bonchev–Trinajstić information content (AvgIpc) is 2.65. The van der Waals surface area contributed by atoms with E-state index in [4.69, 9.17) is 4.74 Å². The molecule has 0 spiro atoms. The number of fused-ring (bicyclic) bond motifs is 1. The van der Waals surface area contributed by atoms with E-state index in [1.165, 1.54) is 6.20 Å². The second kappa shape index (κ2) is 7.82. The van der Waals surface area contributed by atoms with Crippen LogP contribution in [0.1, 0.15) is 5.56 Å². The number of likely N-dealkylation sites (N-methyl/N-ethyl adjacent to an activating group) is 1. The lowest BCUT2D eigenvalue weighted by Crippen LogP contribution is -2.34. The van der Waals surface area contributed by atoms with E-state index in [-0.39, 0.29) is 17.9 Å². The maximum Gasteiger partial charge on any atom is 0.244 e. The number of hydrogen-bond acceptors (Lipinski definition) is 4. The molecule has 0 fully saturated rings. The smallest absolute Gasteiger partial charge is 0.244 e. The largest absolute Gasteiger partial charge is 0.491 e. The summed E-state index contributed by atoms with van der Waals surface area (Å²) in [6, 6.07) is 14.9. The van der Waals surface area contributed by atoms with Crippen LogP contribution in [0.4, 0.5) is 0 Å². The Morgan fingerprint density at radius 3 is 2.69 bits per heavy atom. The topological polar surface area (TPSA) is 64.4 Å². The van der Waals surface area contributed by atoms with Gasteiger partial charge in [0.2, 0.25) is 11.3 Å². The molecule has 6 nitrogen and oxygen atoms in total. The van der Waals surface area contributed by atoms with Crippen molar-refractivity contribution >= 4 is 16.8 Å². The lowest BCUT2D eigenvalue weighted by atomic mass is 10.2. The third-order valence-corrected chi connectivity index (χ3v) is 4.25. The Bertz CT molecular complexity index is 981. The van der Waals surface area contributed by atoms with Crippen LogP contribution in [0.15, 0.2) is 59.5 Å². The highest BCUT2D eigenvalue weighted by atomic mass is 16.5. The second-order valence-electron chi connectivity index (χ2n) is 6.11. The number of carbonyl (C=O) groups is 1. The Kier molecular flexibility index (Phi) is 5.31. The molecule has 1 aromatic heterocycles. The molecule has 0 bridgehead atoms. The molecule has 134 valence electrons. The summed E-state index contributed by atoms with van der Waals surface area (Å²) >= 11 is 0.